The summed E-state index contributed by atoms with van der Waals surface area (Å²) in [5, 5.41) is 0. The van der Waals surface area contributed by atoms with E-state index in [4.69, 9.17) is 14.5 Å². The average Bonchev–Trinajstić information content (AvgIpc) is 3.47. The monoisotopic (exact) mass is 721 g/mol. The fraction of sp³-hybridized carbons (Fsp3) is 0.188. The summed E-state index contributed by atoms with van der Waals surface area (Å²) in [6.45, 7) is 4.20. The molecule has 6 rings (SSSR count). The molecule has 1 aromatic heterocycles. The number of benzene rings is 3. The normalized spacial score (nSPS) is 17.0. The molecule has 8 nitrogen and oxygen atoms in total. The van der Waals surface area contributed by atoms with Gasteiger partial charge >= 0.3 is 5.97 Å². The third-order valence-electron chi connectivity index (χ3n) is 7.36. The van der Waals surface area contributed by atoms with Crippen molar-refractivity contribution in [3.63, 3.8) is 0 Å². The zero-order chi connectivity index (χ0) is 30.4. The number of hydrogen-bond acceptors (Lipinski definition) is 7. The van der Waals surface area contributed by atoms with Crippen LogP contribution in [0.4, 0.5) is 5.69 Å². The molecule has 0 bridgehead atoms. The van der Waals surface area contributed by atoms with Crippen LogP contribution in [0.15, 0.2) is 91.0 Å². The summed E-state index contributed by atoms with van der Waals surface area (Å²) in [4.78, 5) is 49.1. The van der Waals surface area contributed by atoms with Crippen LogP contribution in [0.5, 0.6) is 5.75 Å². The zero-order valence-corrected chi connectivity index (χ0v) is 27.4. The Morgan fingerprint density at radius 3 is 2.42 bits per heavy atom. The molecule has 2 aliphatic heterocycles. The number of esters is 1. The Balaban J connectivity index is 1.76. The van der Waals surface area contributed by atoms with Crippen LogP contribution in [0.25, 0.3) is 11.3 Å². The molecule has 0 saturated heterocycles. The molecule has 3 aromatic carbocycles. The van der Waals surface area contributed by atoms with E-state index in [1.165, 1.54) is 11.7 Å². The number of rotatable bonds is 6. The zero-order valence-electron chi connectivity index (χ0n) is 23.4. The largest absolute Gasteiger partial charge is 0.496 e. The number of ether oxygens (including phenoxy) is 2. The van der Waals surface area contributed by atoms with Crippen LogP contribution >= 0.6 is 43.2 Å². The molecule has 0 aliphatic carbocycles. The Kier molecular flexibility index (Phi) is 7.97. The quantitative estimate of drug-likeness (QED) is 0.255. The van der Waals surface area contributed by atoms with E-state index in [9.17, 15) is 14.4 Å². The van der Waals surface area contributed by atoms with Crippen molar-refractivity contribution >= 4 is 72.0 Å². The van der Waals surface area contributed by atoms with E-state index in [1.807, 2.05) is 67.6 Å². The van der Waals surface area contributed by atoms with Gasteiger partial charge in [-0.1, -0.05) is 73.5 Å². The van der Waals surface area contributed by atoms with E-state index in [0.717, 1.165) is 26.0 Å². The van der Waals surface area contributed by atoms with Gasteiger partial charge in [-0.3, -0.25) is 14.2 Å². The van der Waals surface area contributed by atoms with Crippen molar-refractivity contribution in [3.8, 4) is 5.75 Å². The highest BCUT2D eigenvalue weighted by Gasteiger charge is 2.39. The van der Waals surface area contributed by atoms with Gasteiger partial charge in [-0.2, -0.15) is 0 Å². The summed E-state index contributed by atoms with van der Waals surface area (Å²) < 4.78 is 14.6. The van der Waals surface area contributed by atoms with Crippen molar-refractivity contribution in [2.75, 3.05) is 25.2 Å². The predicted molar refractivity (Wildman–Crippen MR) is 173 cm³/mol. The van der Waals surface area contributed by atoms with E-state index in [-0.39, 0.29) is 22.6 Å². The first kappa shape index (κ1) is 29.3. The Bertz CT molecular complexity index is 2020. The third kappa shape index (κ3) is 4.89. The molecule has 3 heterocycles. The van der Waals surface area contributed by atoms with E-state index in [0.29, 0.717) is 45.1 Å². The number of methoxy groups -OCH3 is 1. The van der Waals surface area contributed by atoms with E-state index >= 15 is 0 Å². The number of carbonyl (C=O) groups excluding carboxylic acids is 2. The molecule has 0 unspecified atom stereocenters. The Labute approximate surface area is 267 Å². The summed E-state index contributed by atoms with van der Waals surface area (Å²) in [6.07, 6.45) is 0. The van der Waals surface area contributed by atoms with Gasteiger partial charge in [-0.25, -0.2) is 9.79 Å². The SMILES string of the molecule is CCOC(=O)C1=C(c2ccccc2)N=c2s/c(=C3\C(=O)N(CC)c4ccc(Br)cc43)c(=O)n2[C@H]1c1cc(Br)ccc1OC. The molecule has 0 fully saturated rings. The number of thiazole rings is 1. The molecule has 218 valence electrons. The predicted octanol–water partition coefficient (Wildman–Crippen LogP) is 5.21. The Hall–Kier alpha value is -3.80. The second kappa shape index (κ2) is 11.7. The summed E-state index contributed by atoms with van der Waals surface area (Å²) in [5.74, 6) is -0.380. The minimum atomic E-state index is -0.951. The molecule has 0 radical (unpaired) electrons. The van der Waals surface area contributed by atoms with Gasteiger partial charge in [-0.05, 0) is 50.2 Å². The van der Waals surface area contributed by atoms with Gasteiger partial charge in [-0.15, -0.1) is 0 Å². The van der Waals surface area contributed by atoms with Crippen LogP contribution in [0.3, 0.4) is 0 Å². The van der Waals surface area contributed by atoms with Crippen molar-refractivity contribution in [1.82, 2.24) is 4.57 Å². The van der Waals surface area contributed by atoms with Crippen molar-refractivity contribution in [2.45, 2.75) is 19.9 Å². The first-order chi connectivity index (χ1) is 20.8. The van der Waals surface area contributed by atoms with Crippen LogP contribution in [0.1, 0.15) is 36.6 Å². The Morgan fingerprint density at radius 1 is 1.00 bits per heavy atom. The fourth-order valence-electron chi connectivity index (χ4n) is 5.54. The maximum Gasteiger partial charge on any atom is 0.338 e. The van der Waals surface area contributed by atoms with Crippen molar-refractivity contribution in [3.05, 3.63) is 118 Å². The third-order valence-corrected chi connectivity index (χ3v) is 9.40. The highest BCUT2D eigenvalue weighted by Crippen LogP contribution is 2.41. The molecule has 0 N–H and O–H groups in total. The van der Waals surface area contributed by atoms with Crippen molar-refractivity contribution in [1.29, 1.82) is 0 Å². The van der Waals surface area contributed by atoms with Gasteiger partial charge in [0, 0.05) is 32.2 Å². The summed E-state index contributed by atoms with van der Waals surface area (Å²) in [6, 6.07) is 19.4. The molecule has 0 saturated carbocycles. The molecule has 1 amide bonds. The topological polar surface area (TPSA) is 90.2 Å². The molecule has 11 heteroatoms. The number of carbonyl (C=O) groups is 2. The van der Waals surface area contributed by atoms with Crippen LogP contribution in [-0.2, 0) is 14.3 Å². The summed E-state index contributed by atoms with van der Waals surface area (Å²) in [5.41, 5.74) is 3.12. The van der Waals surface area contributed by atoms with Gasteiger partial charge in [0.2, 0.25) is 0 Å². The Morgan fingerprint density at radius 2 is 1.72 bits per heavy atom. The molecular formula is C32H25Br2N3O5S. The number of halogens is 2. The molecule has 4 aromatic rings. The highest BCUT2D eigenvalue weighted by molar-refractivity contribution is 9.10. The van der Waals surface area contributed by atoms with Gasteiger partial charge in [0.25, 0.3) is 11.5 Å². The number of anilines is 1. The van der Waals surface area contributed by atoms with E-state index < -0.39 is 17.6 Å². The van der Waals surface area contributed by atoms with Gasteiger partial charge in [0.05, 0.1) is 36.2 Å². The highest BCUT2D eigenvalue weighted by atomic mass is 79.9. The lowest BCUT2D eigenvalue weighted by Crippen LogP contribution is -2.41. The minimum absolute atomic E-state index is 0.133. The number of hydrogen-bond donors (Lipinski definition) is 0. The number of aromatic nitrogens is 1. The first-order valence-electron chi connectivity index (χ1n) is 13.5. The first-order valence-corrected chi connectivity index (χ1v) is 16.0. The number of likely N-dealkylation sites (N-methyl/N-ethyl adjacent to an activating group) is 1. The van der Waals surface area contributed by atoms with E-state index in [1.54, 1.807) is 17.9 Å². The molecule has 0 spiro atoms. The van der Waals surface area contributed by atoms with Gasteiger partial charge in [0.15, 0.2) is 4.80 Å². The van der Waals surface area contributed by atoms with Gasteiger partial charge in [0.1, 0.15) is 16.3 Å². The van der Waals surface area contributed by atoms with Crippen molar-refractivity contribution < 1.29 is 19.1 Å². The fourth-order valence-corrected chi connectivity index (χ4v) is 7.37. The van der Waals surface area contributed by atoms with Gasteiger partial charge < -0.3 is 14.4 Å². The van der Waals surface area contributed by atoms with Crippen LogP contribution < -0.4 is 24.5 Å². The minimum Gasteiger partial charge on any atom is -0.496 e. The number of nitrogens with zero attached hydrogens (tertiary/aromatic N) is 3. The lowest BCUT2D eigenvalue weighted by atomic mass is 9.92. The van der Waals surface area contributed by atoms with Crippen molar-refractivity contribution in [2.24, 2.45) is 4.99 Å². The summed E-state index contributed by atoms with van der Waals surface area (Å²) >= 11 is 8.20. The average molecular weight is 723 g/mol. The van der Waals surface area contributed by atoms with Crippen LogP contribution in [-0.4, -0.2) is 36.7 Å². The number of fused-ring (bicyclic) bond motifs is 2. The second-order valence-corrected chi connectivity index (χ2v) is 12.5. The lowest BCUT2D eigenvalue weighted by Gasteiger charge is -2.27. The van der Waals surface area contributed by atoms with Crippen LogP contribution in [0.2, 0.25) is 0 Å². The molecule has 2 aliphatic rings. The lowest BCUT2D eigenvalue weighted by molar-refractivity contribution is -0.138. The standard InChI is InChI=1S/C32H25Br2N3O5S/c1-4-36-22-13-11-18(33)15-20(22)24(29(36)38)28-30(39)37-27(21-16-19(34)12-14-23(21)41-3)25(31(40)42-5-2)26(35-32(37)43-28)17-9-7-6-8-10-17/h6-16,27H,4-5H2,1-3H3/b28-24-/t27-/m0/s1. The molecule has 1 atom stereocenters. The smallest absolute Gasteiger partial charge is 0.338 e. The van der Waals surface area contributed by atoms with Crippen LogP contribution in [0, 0.1) is 0 Å². The van der Waals surface area contributed by atoms with E-state index in [2.05, 4.69) is 31.9 Å². The summed E-state index contributed by atoms with van der Waals surface area (Å²) in [7, 11) is 1.54. The second-order valence-electron chi connectivity index (χ2n) is 9.72. The molecular weight excluding hydrogens is 698 g/mol. The maximum atomic E-state index is 14.6. The molecule has 43 heavy (non-hydrogen) atoms. The maximum absolute atomic E-state index is 14.6. The number of amides is 1.